The molecule has 1 heterocycles. The molecule has 0 bridgehead atoms. The van der Waals surface area contributed by atoms with Crippen LogP contribution in [0, 0.1) is 6.92 Å². The van der Waals surface area contributed by atoms with E-state index in [1.54, 1.807) is 6.20 Å². The van der Waals surface area contributed by atoms with Crippen LogP contribution in [0.2, 0.25) is 0 Å². The summed E-state index contributed by atoms with van der Waals surface area (Å²) in [6.07, 6.45) is 1.71. The molecule has 110 valence electrons. The van der Waals surface area contributed by atoms with Gasteiger partial charge in [-0.2, -0.15) is 0 Å². The van der Waals surface area contributed by atoms with Gasteiger partial charge in [0.2, 0.25) is 0 Å². The van der Waals surface area contributed by atoms with Gasteiger partial charge in [-0.1, -0.05) is 23.8 Å². The Balaban J connectivity index is 1.91. The van der Waals surface area contributed by atoms with Gasteiger partial charge in [-0.25, -0.2) is 0 Å². The molecule has 2 aromatic rings. The van der Waals surface area contributed by atoms with Crippen molar-refractivity contribution in [1.29, 1.82) is 0 Å². The average Bonchev–Trinajstić information content (AvgIpc) is 2.47. The predicted octanol–water partition coefficient (Wildman–Crippen LogP) is 2.82. The van der Waals surface area contributed by atoms with Crippen LogP contribution in [0.25, 0.3) is 0 Å². The Morgan fingerprint density at radius 1 is 1.19 bits per heavy atom. The molecule has 0 radical (unpaired) electrons. The van der Waals surface area contributed by atoms with E-state index >= 15 is 0 Å². The number of rotatable bonds is 5. The first-order valence-electron chi connectivity index (χ1n) is 6.89. The molecule has 0 aliphatic heterocycles. The molecule has 4 nitrogen and oxygen atoms in total. The van der Waals surface area contributed by atoms with Crippen LogP contribution < -0.4 is 10.1 Å². The third-order valence-corrected chi connectivity index (χ3v) is 3.15. The fourth-order valence-corrected chi connectivity index (χ4v) is 1.96. The maximum atomic E-state index is 12.0. The van der Waals surface area contributed by atoms with Crippen LogP contribution in [0.4, 0.5) is 0 Å². The van der Waals surface area contributed by atoms with Crippen molar-refractivity contribution in [3.8, 4) is 5.75 Å². The molecular formula is C17H20N2O2. The first kappa shape index (κ1) is 15.0. The summed E-state index contributed by atoms with van der Waals surface area (Å²) in [4.78, 5) is 16.3. The molecule has 4 heteroatoms. The summed E-state index contributed by atoms with van der Waals surface area (Å²) >= 11 is 0. The number of aryl methyl sites for hydroxylation is 1. The molecule has 0 atom stereocenters. The van der Waals surface area contributed by atoms with Gasteiger partial charge in [0.05, 0.1) is 11.2 Å². The number of ether oxygens (including phenoxy) is 1. The lowest BCUT2D eigenvalue weighted by Gasteiger charge is -2.25. The van der Waals surface area contributed by atoms with Gasteiger partial charge in [-0.05, 0) is 45.0 Å². The van der Waals surface area contributed by atoms with Crippen LogP contribution in [0.1, 0.15) is 25.1 Å². The number of amides is 1. The second-order valence-electron chi connectivity index (χ2n) is 5.49. The molecule has 21 heavy (non-hydrogen) atoms. The number of carbonyl (C=O) groups is 1. The van der Waals surface area contributed by atoms with Crippen LogP contribution in [0.3, 0.4) is 0 Å². The van der Waals surface area contributed by atoms with Crippen molar-refractivity contribution in [1.82, 2.24) is 10.3 Å². The smallest absolute Gasteiger partial charge is 0.258 e. The molecule has 0 saturated heterocycles. The van der Waals surface area contributed by atoms with Gasteiger partial charge in [0, 0.05) is 6.20 Å². The number of aromatic nitrogens is 1. The molecule has 0 fully saturated rings. The minimum Gasteiger partial charge on any atom is -0.484 e. The van der Waals surface area contributed by atoms with Crippen LogP contribution >= 0.6 is 0 Å². The van der Waals surface area contributed by atoms with Crippen molar-refractivity contribution in [2.24, 2.45) is 0 Å². The van der Waals surface area contributed by atoms with Crippen molar-refractivity contribution in [2.75, 3.05) is 6.61 Å². The number of carbonyl (C=O) groups excluding carboxylic acids is 1. The largest absolute Gasteiger partial charge is 0.484 e. The van der Waals surface area contributed by atoms with Crippen molar-refractivity contribution >= 4 is 5.91 Å². The maximum absolute atomic E-state index is 12.0. The summed E-state index contributed by atoms with van der Waals surface area (Å²) in [7, 11) is 0. The van der Waals surface area contributed by atoms with Gasteiger partial charge in [0.1, 0.15) is 5.75 Å². The Bertz CT molecular complexity index is 592. The van der Waals surface area contributed by atoms with Gasteiger partial charge < -0.3 is 10.1 Å². The quantitative estimate of drug-likeness (QED) is 0.918. The lowest BCUT2D eigenvalue weighted by Crippen LogP contribution is -2.43. The Kier molecular flexibility index (Phi) is 4.58. The van der Waals surface area contributed by atoms with Crippen molar-refractivity contribution in [3.63, 3.8) is 0 Å². The zero-order chi connectivity index (χ0) is 15.3. The Hall–Kier alpha value is -2.36. The van der Waals surface area contributed by atoms with E-state index in [1.165, 1.54) is 0 Å². The average molecular weight is 284 g/mol. The van der Waals surface area contributed by atoms with E-state index in [1.807, 2.05) is 63.2 Å². The van der Waals surface area contributed by atoms with Crippen LogP contribution in [0.15, 0.2) is 48.7 Å². The van der Waals surface area contributed by atoms with Gasteiger partial charge >= 0.3 is 0 Å². The summed E-state index contributed by atoms with van der Waals surface area (Å²) in [5, 5.41) is 2.93. The van der Waals surface area contributed by atoms with Crippen LogP contribution in [-0.4, -0.2) is 17.5 Å². The lowest BCUT2D eigenvalue weighted by atomic mass is 10.00. The molecule has 0 unspecified atom stereocenters. The normalized spacial score (nSPS) is 11.0. The highest BCUT2D eigenvalue weighted by atomic mass is 16.5. The monoisotopic (exact) mass is 284 g/mol. The molecule has 0 saturated carbocycles. The fraction of sp³-hybridized carbons (Fsp3) is 0.294. The van der Waals surface area contributed by atoms with E-state index in [2.05, 4.69) is 10.3 Å². The molecular weight excluding hydrogens is 264 g/mol. The van der Waals surface area contributed by atoms with E-state index in [0.717, 1.165) is 11.3 Å². The molecule has 1 amide bonds. The van der Waals surface area contributed by atoms with Crippen molar-refractivity contribution in [2.45, 2.75) is 26.3 Å². The standard InChI is InChI=1S/C17H20N2O2/c1-13-7-9-14(10-8-13)21-12-16(20)19-17(2,3)15-6-4-5-11-18-15/h4-11H,12H2,1-3H3,(H,19,20). The number of benzene rings is 1. The fourth-order valence-electron chi connectivity index (χ4n) is 1.96. The summed E-state index contributed by atoms with van der Waals surface area (Å²) in [5.41, 5.74) is 1.44. The lowest BCUT2D eigenvalue weighted by molar-refractivity contribution is -0.124. The number of nitrogens with zero attached hydrogens (tertiary/aromatic N) is 1. The van der Waals surface area contributed by atoms with E-state index in [-0.39, 0.29) is 12.5 Å². The summed E-state index contributed by atoms with van der Waals surface area (Å²) in [5.74, 6) is 0.512. The van der Waals surface area contributed by atoms with Crippen molar-refractivity contribution in [3.05, 3.63) is 59.9 Å². The highest BCUT2D eigenvalue weighted by molar-refractivity contribution is 5.78. The third kappa shape index (κ3) is 4.31. The highest BCUT2D eigenvalue weighted by Crippen LogP contribution is 2.17. The highest BCUT2D eigenvalue weighted by Gasteiger charge is 2.24. The summed E-state index contributed by atoms with van der Waals surface area (Å²) in [6.45, 7) is 5.82. The molecule has 2 rings (SSSR count). The van der Waals surface area contributed by atoms with E-state index < -0.39 is 5.54 Å². The second kappa shape index (κ2) is 6.39. The number of nitrogens with one attached hydrogen (secondary N) is 1. The Morgan fingerprint density at radius 2 is 1.90 bits per heavy atom. The Morgan fingerprint density at radius 3 is 2.52 bits per heavy atom. The van der Waals surface area contributed by atoms with E-state index in [9.17, 15) is 4.79 Å². The van der Waals surface area contributed by atoms with Gasteiger partial charge in [-0.15, -0.1) is 0 Å². The van der Waals surface area contributed by atoms with Crippen LogP contribution in [0.5, 0.6) is 5.75 Å². The minimum absolute atomic E-state index is 0.0146. The molecule has 1 aromatic heterocycles. The topological polar surface area (TPSA) is 51.2 Å². The molecule has 1 N–H and O–H groups in total. The Labute approximate surface area is 125 Å². The minimum atomic E-state index is -0.533. The SMILES string of the molecule is Cc1ccc(OCC(=O)NC(C)(C)c2ccccn2)cc1. The second-order valence-corrected chi connectivity index (χ2v) is 5.49. The van der Waals surface area contributed by atoms with Gasteiger partial charge in [-0.3, -0.25) is 9.78 Å². The number of pyridine rings is 1. The third-order valence-electron chi connectivity index (χ3n) is 3.15. The molecule has 0 aliphatic rings. The maximum Gasteiger partial charge on any atom is 0.258 e. The van der Waals surface area contributed by atoms with Gasteiger partial charge in [0.25, 0.3) is 5.91 Å². The molecule has 0 spiro atoms. The summed E-state index contributed by atoms with van der Waals surface area (Å²) < 4.78 is 5.47. The van der Waals surface area contributed by atoms with Crippen LogP contribution in [-0.2, 0) is 10.3 Å². The molecule has 1 aromatic carbocycles. The molecule has 0 aliphatic carbocycles. The summed E-state index contributed by atoms with van der Waals surface area (Å²) in [6, 6.07) is 13.2. The first-order valence-corrected chi connectivity index (χ1v) is 6.89. The predicted molar refractivity (Wildman–Crippen MR) is 82.1 cm³/mol. The zero-order valence-corrected chi connectivity index (χ0v) is 12.6. The first-order chi connectivity index (χ1) is 9.97. The van der Waals surface area contributed by atoms with Crippen molar-refractivity contribution < 1.29 is 9.53 Å². The van der Waals surface area contributed by atoms with E-state index in [0.29, 0.717) is 5.75 Å². The number of hydrogen-bond donors (Lipinski definition) is 1. The van der Waals surface area contributed by atoms with E-state index in [4.69, 9.17) is 4.74 Å². The zero-order valence-electron chi connectivity index (χ0n) is 12.6. The number of hydrogen-bond acceptors (Lipinski definition) is 3. The van der Waals surface area contributed by atoms with Gasteiger partial charge in [0.15, 0.2) is 6.61 Å².